The minimum absolute atomic E-state index is 0.195. The first-order valence-electron chi connectivity index (χ1n) is 6.21. The predicted molar refractivity (Wildman–Crippen MR) is 74.5 cm³/mol. The van der Waals surface area contributed by atoms with Gasteiger partial charge in [-0.15, -0.1) is 0 Å². The van der Waals surface area contributed by atoms with Gasteiger partial charge in [-0.25, -0.2) is 9.59 Å². The summed E-state index contributed by atoms with van der Waals surface area (Å²) in [5.41, 5.74) is -1.31. The number of hydrogen-bond donors (Lipinski definition) is 2. The topological polar surface area (TPSA) is 83.8 Å². The largest absolute Gasteiger partial charge is 0.478 e. The highest BCUT2D eigenvalue weighted by atomic mass is 35.5. The molecular formula is C14H10Cl2O5. The van der Waals surface area contributed by atoms with E-state index < -0.39 is 23.6 Å². The summed E-state index contributed by atoms with van der Waals surface area (Å²) in [7, 11) is 0. The van der Waals surface area contributed by atoms with Crippen LogP contribution in [0.2, 0.25) is 10.0 Å². The van der Waals surface area contributed by atoms with Crippen LogP contribution in [0.25, 0.3) is 0 Å². The van der Waals surface area contributed by atoms with Gasteiger partial charge in [0, 0.05) is 15.6 Å². The Morgan fingerprint density at radius 1 is 1.24 bits per heavy atom. The zero-order chi connectivity index (χ0) is 15.4. The van der Waals surface area contributed by atoms with E-state index in [0.29, 0.717) is 23.4 Å². The molecule has 2 aliphatic heterocycles. The minimum Gasteiger partial charge on any atom is -0.478 e. The Bertz CT molecular complexity index is 697. The second-order valence-electron chi connectivity index (χ2n) is 5.00. The number of carbonyl (C=O) groups is 2. The van der Waals surface area contributed by atoms with E-state index in [4.69, 9.17) is 27.9 Å². The molecule has 0 saturated carbocycles. The summed E-state index contributed by atoms with van der Waals surface area (Å²) >= 11 is 12.0. The molecular weight excluding hydrogens is 319 g/mol. The summed E-state index contributed by atoms with van der Waals surface area (Å²) in [6, 6.07) is 4.65. The fourth-order valence-electron chi connectivity index (χ4n) is 3.14. The van der Waals surface area contributed by atoms with E-state index in [9.17, 15) is 19.8 Å². The van der Waals surface area contributed by atoms with Crippen molar-refractivity contribution in [1.29, 1.82) is 0 Å². The number of hydrogen-bond acceptors (Lipinski definition) is 3. The zero-order valence-electron chi connectivity index (χ0n) is 10.6. The molecule has 110 valence electrons. The number of carboxylic acid groups (broad SMARTS) is 2. The maximum absolute atomic E-state index is 11.6. The quantitative estimate of drug-likeness (QED) is 0.891. The van der Waals surface area contributed by atoms with Crippen LogP contribution >= 0.6 is 23.2 Å². The van der Waals surface area contributed by atoms with Crippen LogP contribution < -0.4 is 0 Å². The van der Waals surface area contributed by atoms with Crippen molar-refractivity contribution in [2.75, 3.05) is 0 Å². The number of rotatable bonds is 3. The molecule has 0 amide bonds. The first-order chi connectivity index (χ1) is 9.86. The molecule has 0 spiro atoms. The molecule has 1 aromatic carbocycles. The third-order valence-corrected chi connectivity index (χ3v) is 4.46. The Balaban J connectivity index is 2.25. The Morgan fingerprint density at radius 2 is 1.95 bits per heavy atom. The van der Waals surface area contributed by atoms with Crippen LogP contribution in [-0.2, 0) is 19.9 Å². The van der Waals surface area contributed by atoms with Gasteiger partial charge >= 0.3 is 11.9 Å². The summed E-state index contributed by atoms with van der Waals surface area (Å²) in [5, 5.41) is 19.4. The summed E-state index contributed by atoms with van der Waals surface area (Å²) in [6.45, 7) is 0. The lowest BCUT2D eigenvalue weighted by Crippen LogP contribution is -2.31. The number of aliphatic carboxylic acids is 2. The SMILES string of the molecule is O=C(O)C1=C(C(=O)O)[C@]2(c3ccc(Cl)cc3Cl)CC[C@H]1O2. The summed E-state index contributed by atoms with van der Waals surface area (Å²) in [5.74, 6) is -2.58. The maximum atomic E-state index is 11.6. The van der Waals surface area contributed by atoms with E-state index in [1.165, 1.54) is 6.07 Å². The molecule has 5 nitrogen and oxygen atoms in total. The lowest BCUT2D eigenvalue weighted by Gasteiger charge is -2.28. The van der Waals surface area contributed by atoms with E-state index in [0.717, 1.165) is 0 Å². The van der Waals surface area contributed by atoms with Gasteiger partial charge in [-0.1, -0.05) is 29.3 Å². The van der Waals surface area contributed by atoms with Gasteiger partial charge in [0.25, 0.3) is 0 Å². The molecule has 3 rings (SSSR count). The molecule has 2 heterocycles. The van der Waals surface area contributed by atoms with Crippen molar-refractivity contribution in [3.63, 3.8) is 0 Å². The van der Waals surface area contributed by atoms with Crippen LogP contribution in [-0.4, -0.2) is 28.3 Å². The Kier molecular flexibility index (Phi) is 3.24. The predicted octanol–water partition coefficient (Wildman–Crippen LogP) is 2.85. The highest BCUT2D eigenvalue weighted by Crippen LogP contribution is 2.55. The molecule has 1 saturated heterocycles. The average molecular weight is 329 g/mol. The normalized spacial score (nSPS) is 27.2. The van der Waals surface area contributed by atoms with Crippen molar-refractivity contribution >= 4 is 35.1 Å². The number of benzene rings is 1. The molecule has 2 aliphatic rings. The van der Waals surface area contributed by atoms with Crippen molar-refractivity contribution in [3.05, 3.63) is 45.0 Å². The fraction of sp³-hybridized carbons (Fsp3) is 0.286. The minimum atomic E-state index is -1.31. The monoisotopic (exact) mass is 328 g/mol. The molecule has 0 unspecified atom stereocenters. The van der Waals surface area contributed by atoms with Crippen LogP contribution in [0.3, 0.4) is 0 Å². The highest BCUT2D eigenvalue weighted by molar-refractivity contribution is 6.35. The van der Waals surface area contributed by atoms with Gasteiger partial charge in [0.2, 0.25) is 0 Å². The lowest BCUT2D eigenvalue weighted by molar-refractivity contribution is -0.136. The number of ether oxygens (including phenoxy) is 1. The first-order valence-corrected chi connectivity index (χ1v) is 6.97. The molecule has 0 aromatic heterocycles. The molecule has 21 heavy (non-hydrogen) atoms. The highest BCUT2D eigenvalue weighted by Gasteiger charge is 2.58. The van der Waals surface area contributed by atoms with Crippen molar-refractivity contribution in [3.8, 4) is 0 Å². The van der Waals surface area contributed by atoms with E-state index in [2.05, 4.69) is 0 Å². The fourth-order valence-corrected chi connectivity index (χ4v) is 3.70. The van der Waals surface area contributed by atoms with Crippen LogP contribution in [0.15, 0.2) is 29.3 Å². The molecule has 0 radical (unpaired) electrons. The molecule has 2 bridgehead atoms. The standard InChI is InChI=1S/C14H10Cl2O5/c15-6-1-2-7(8(16)5-6)14-4-3-9(21-14)10(12(17)18)11(14)13(19)20/h1-2,5,9H,3-4H2,(H,17,18)(H,19,20)/t9-,14-/m1/s1. The van der Waals surface area contributed by atoms with Gasteiger partial charge in [0.15, 0.2) is 0 Å². The van der Waals surface area contributed by atoms with Gasteiger partial charge in [-0.3, -0.25) is 0 Å². The molecule has 7 heteroatoms. The maximum Gasteiger partial charge on any atom is 0.335 e. The van der Waals surface area contributed by atoms with Crippen LogP contribution in [0, 0.1) is 0 Å². The van der Waals surface area contributed by atoms with Crippen molar-refractivity contribution < 1.29 is 24.5 Å². The number of carboxylic acids is 2. The van der Waals surface area contributed by atoms with E-state index >= 15 is 0 Å². The third-order valence-electron chi connectivity index (χ3n) is 3.91. The van der Waals surface area contributed by atoms with Crippen LogP contribution in [0.5, 0.6) is 0 Å². The van der Waals surface area contributed by atoms with Gasteiger partial charge in [-0.05, 0) is 25.0 Å². The second kappa shape index (κ2) is 4.73. The zero-order valence-corrected chi connectivity index (χ0v) is 12.1. The van der Waals surface area contributed by atoms with Gasteiger partial charge < -0.3 is 14.9 Å². The molecule has 2 atom stereocenters. The van der Waals surface area contributed by atoms with Gasteiger partial charge in [0.1, 0.15) is 5.60 Å². The number of halogens is 2. The van der Waals surface area contributed by atoms with Crippen LogP contribution in [0.4, 0.5) is 0 Å². The van der Waals surface area contributed by atoms with Gasteiger partial charge in [0.05, 0.1) is 17.3 Å². The lowest BCUT2D eigenvalue weighted by atomic mass is 9.77. The summed E-state index contributed by atoms with van der Waals surface area (Å²) in [6.07, 6.45) is 0.0924. The Morgan fingerprint density at radius 3 is 2.52 bits per heavy atom. The molecule has 0 aliphatic carbocycles. The van der Waals surface area contributed by atoms with Gasteiger partial charge in [-0.2, -0.15) is 0 Å². The van der Waals surface area contributed by atoms with E-state index in [1.54, 1.807) is 12.1 Å². The van der Waals surface area contributed by atoms with Crippen molar-refractivity contribution in [2.24, 2.45) is 0 Å². The first kappa shape index (κ1) is 14.4. The molecule has 1 fully saturated rings. The Hall–Kier alpha value is -1.56. The number of fused-ring (bicyclic) bond motifs is 2. The molecule has 1 aromatic rings. The summed E-state index contributed by atoms with van der Waals surface area (Å²) < 4.78 is 5.75. The van der Waals surface area contributed by atoms with Crippen molar-refractivity contribution in [1.82, 2.24) is 0 Å². The van der Waals surface area contributed by atoms with E-state index in [1.807, 2.05) is 0 Å². The smallest absolute Gasteiger partial charge is 0.335 e. The average Bonchev–Trinajstić information content (AvgIpc) is 2.94. The third kappa shape index (κ3) is 1.96. The summed E-state index contributed by atoms with van der Waals surface area (Å²) in [4.78, 5) is 23.0. The second-order valence-corrected chi connectivity index (χ2v) is 5.84. The van der Waals surface area contributed by atoms with E-state index in [-0.39, 0.29) is 16.2 Å². The van der Waals surface area contributed by atoms with Crippen molar-refractivity contribution in [2.45, 2.75) is 24.5 Å². The van der Waals surface area contributed by atoms with Crippen LogP contribution in [0.1, 0.15) is 18.4 Å². The Labute approximate surface area is 129 Å². The molecule has 2 N–H and O–H groups in total.